The average molecular weight is 757 g/mol. The van der Waals surface area contributed by atoms with E-state index in [1.807, 2.05) is 24.5 Å². The van der Waals surface area contributed by atoms with Gasteiger partial charge in [-0.2, -0.15) is 24.3 Å². The summed E-state index contributed by atoms with van der Waals surface area (Å²) in [5.41, 5.74) is 6.80. The zero-order valence-corrected chi connectivity index (χ0v) is 27.0. The summed E-state index contributed by atoms with van der Waals surface area (Å²) in [6.07, 6.45) is 15.5. The van der Waals surface area contributed by atoms with E-state index >= 15 is 0 Å². The summed E-state index contributed by atoms with van der Waals surface area (Å²) in [6, 6.07) is 35.0. The van der Waals surface area contributed by atoms with Gasteiger partial charge in [0.25, 0.3) is 0 Å². The van der Waals surface area contributed by atoms with E-state index in [2.05, 4.69) is 88.4 Å². The summed E-state index contributed by atoms with van der Waals surface area (Å²) in [5.74, 6) is 3.48. The molecular formula is C39H35N3OPt. The molecule has 2 aliphatic rings. The molecule has 0 radical (unpaired) electrons. The minimum absolute atomic E-state index is 0. The number of hydrogen-bond acceptors (Lipinski definition) is 3. The van der Waals surface area contributed by atoms with Gasteiger partial charge in [0, 0.05) is 29.7 Å². The second-order valence-corrected chi connectivity index (χ2v) is 12.2. The van der Waals surface area contributed by atoms with Crippen LogP contribution in [-0.2, 0) is 21.1 Å². The summed E-state index contributed by atoms with van der Waals surface area (Å²) in [7, 11) is 0. The number of hydrogen-bond donors (Lipinski definition) is 0. The first-order valence-corrected chi connectivity index (χ1v) is 15.9. The third kappa shape index (κ3) is 5.61. The van der Waals surface area contributed by atoms with Crippen molar-refractivity contribution in [2.75, 3.05) is 0 Å². The number of rotatable bonds is 6. The van der Waals surface area contributed by atoms with Crippen molar-refractivity contribution in [3.8, 4) is 28.6 Å². The van der Waals surface area contributed by atoms with Crippen LogP contribution in [0.3, 0.4) is 0 Å². The number of aromatic nitrogens is 3. The van der Waals surface area contributed by atoms with Crippen molar-refractivity contribution in [1.29, 1.82) is 0 Å². The Kier molecular flexibility index (Phi) is 8.36. The average Bonchev–Trinajstić information content (AvgIpc) is 3.72. The summed E-state index contributed by atoms with van der Waals surface area (Å²) in [4.78, 5) is 9.38. The summed E-state index contributed by atoms with van der Waals surface area (Å²) in [5, 5.41) is 2.38. The normalized spacial score (nSPS) is 15.9. The topological polar surface area (TPSA) is 39.9 Å². The van der Waals surface area contributed by atoms with Gasteiger partial charge >= 0.3 is 21.1 Å². The number of pyridine rings is 2. The Morgan fingerprint density at radius 2 is 1.34 bits per heavy atom. The van der Waals surface area contributed by atoms with Crippen molar-refractivity contribution >= 4 is 21.8 Å². The maximum absolute atomic E-state index is 6.27. The van der Waals surface area contributed by atoms with Crippen LogP contribution in [0, 0.1) is 12.1 Å². The Morgan fingerprint density at radius 3 is 2.16 bits per heavy atom. The third-order valence-electron chi connectivity index (χ3n) is 9.52. The molecule has 0 spiro atoms. The molecule has 0 amide bonds. The molecule has 0 unspecified atom stereocenters. The van der Waals surface area contributed by atoms with Crippen LogP contribution in [0.25, 0.3) is 38.8 Å². The molecule has 3 aromatic heterocycles. The SMILES string of the molecule is [Pt+2].[c-]1c(Oc2cc(C3CCCCC3)ccn2)cccc1-c1[c-]c2c(cc1)c1ccccc1n2-c1cc(C2CCCC2)ccn1. The molecule has 3 heterocycles. The molecule has 0 atom stereocenters. The van der Waals surface area contributed by atoms with Crippen LogP contribution in [0.2, 0.25) is 0 Å². The largest absolute Gasteiger partial charge is 2.00 e. The van der Waals surface area contributed by atoms with Crippen LogP contribution in [0.4, 0.5) is 0 Å². The molecule has 44 heavy (non-hydrogen) atoms. The minimum Gasteiger partial charge on any atom is -0.460 e. The van der Waals surface area contributed by atoms with Crippen molar-refractivity contribution in [3.63, 3.8) is 0 Å². The summed E-state index contributed by atoms with van der Waals surface area (Å²) >= 11 is 0. The third-order valence-corrected chi connectivity index (χ3v) is 9.52. The van der Waals surface area contributed by atoms with Gasteiger partial charge in [0.2, 0.25) is 5.88 Å². The van der Waals surface area contributed by atoms with Crippen LogP contribution in [0.15, 0.2) is 91.3 Å². The predicted octanol–water partition coefficient (Wildman–Crippen LogP) is 10.3. The van der Waals surface area contributed by atoms with Crippen LogP contribution in [0.1, 0.15) is 80.8 Å². The maximum atomic E-state index is 6.27. The molecule has 8 rings (SSSR count). The van der Waals surface area contributed by atoms with Crippen molar-refractivity contribution in [2.24, 2.45) is 0 Å². The number of para-hydroxylation sites is 1. The van der Waals surface area contributed by atoms with Crippen LogP contribution in [0.5, 0.6) is 11.6 Å². The molecule has 222 valence electrons. The molecule has 0 N–H and O–H groups in total. The molecule has 4 nitrogen and oxygen atoms in total. The van der Waals surface area contributed by atoms with Gasteiger partial charge in [-0.3, -0.25) is 0 Å². The quantitative estimate of drug-likeness (QED) is 0.159. The maximum Gasteiger partial charge on any atom is 2.00 e. The number of nitrogens with zero attached hydrogens (tertiary/aromatic N) is 3. The molecule has 2 saturated carbocycles. The van der Waals surface area contributed by atoms with Crippen LogP contribution < -0.4 is 4.74 Å². The Balaban J connectivity index is 0.00000312. The zero-order valence-electron chi connectivity index (χ0n) is 24.7. The molecule has 0 aliphatic heterocycles. The Labute approximate surface area is 273 Å². The van der Waals surface area contributed by atoms with Gasteiger partial charge < -0.3 is 9.30 Å². The molecule has 2 fully saturated rings. The van der Waals surface area contributed by atoms with E-state index in [9.17, 15) is 0 Å². The number of fused-ring (bicyclic) bond motifs is 3. The molecule has 3 aromatic carbocycles. The van der Waals surface area contributed by atoms with Crippen molar-refractivity contribution in [3.05, 3.63) is 115 Å². The van der Waals surface area contributed by atoms with E-state index in [1.54, 1.807) is 0 Å². The van der Waals surface area contributed by atoms with E-state index in [4.69, 9.17) is 9.72 Å². The summed E-state index contributed by atoms with van der Waals surface area (Å²) in [6.45, 7) is 0. The smallest absolute Gasteiger partial charge is 0.460 e. The Bertz CT molecular complexity index is 1920. The first-order chi connectivity index (χ1) is 21.3. The number of benzene rings is 3. The summed E-state index contributed by atoms with van der Waals surface area (Å²) < 4.78 is 8.54. The van der Waals surface area contributed by atoms with Gasteiger partial charge in [-0.1, -0.05) is 55.7 Å². The van der Waals surface area contributed by atoms with Gasteiger partial charge in [-0.05, 0) is 83.8 Å². The van der Waals surface area contributed by atoms with Gasteiger partial charge in [-0.15, -0.1) is 18.2 Å². The van der Waals surface area contributed by atoms with Crippen LogP contribution in [-0.4, -0.2) is 14.5 Å². The van der Waals surface area contributed by atoms with E-state index in [0.29, 0.717) is 23.5 Å². The molecule has 0 saturated heterocycles. The van der Waals surface area contributed by atoms with Crippen molar-refractivity contribution in [2.45, 2.75) is 69.6 Å². The fourth-order valence-corrected chi connectivity index (χ4v) is 7.30. The van der Waals surface area contributed by atoms with Crippen molar-refractivity contribution < 1.29 is 25.8 Å². The first kappa shape index (κ1) is 29.0. The minimum atomic E-state index is 0. The fraction of sp³-hybridized carbons (Fsp3) is 0.282. The van der Waals surface area contributed by atoms with Gasteiger partial charge in [0.05, 0.1) is 0 Å². The van der Waals surface area contributed by atoms with E-state index in [1.165, 1.54) is 79.7 Å². The Morgan fingerprint density at radius 1 is 0.636 bits per heavy atom. The Hall–Kier alpha value is -3.75. The molecular weight excluding hydrogens is 722 g/mol. The molecule has 5 heteroatoms. The zero-order chi connectivity index (χ0) is 28.6. The second kappa shape index (κ2) is 12.7. The van der Waals surface area contributed by atoms with E-state index < -0.39 is 0 Å². The molecule has 2 aliphatic carbocycles. The number of ether oxygens (including phenoxy) is 1. The predicted molar refractivity (Wildman–Crippen MR) is 173 cm³/mol. The van der Waals surface area contributed by atoms with Crippen molar-refractivity contribution in [1.82, 2.24) is 14.5 Å². The van der Waals surface area contributed by atoms with Crippen LogP contribution >= 0.6 is 0 Å². The first-order valence-electron chi connectivity index (χ1n) is 15.9. The molecule has 6 aromatic rings. The van der Waals surface area contributed by atoms with Gasteiger partial charge in [0.15, 0.2) is 0 Å². The van der Waals surface area contributed by atoms with Gasteiger partial charge in [-0.25, -0.2) is 21.1 Å². The standard InChI is InChI=1S/C39H35N3O.Pt/c1-2-9-28(10-3-1)32-20-22-41-39(26-32)43-33-14-8-13-29(23-33)30-17-18-35-34-15-6-7-16-36(34)42(37(35)24-30)38-25-31(19-21-40-38)27-11-4-5-12-27;/h6-8,13-22,25-28H,1-5,9-12H2;/q-2;+2. The second-order valence-electron chi connectivity index (χ2n) is 12.2. The fourth-order valence-electron chi connectivity index (χ4n) is 7.30. The monoisotopic (exact) mass is 756 g/mol. The molecule has 0 bridgehead atoms. The van der Waals surface area contributed by atoms with E-state index in [0.717, 1.165) is 28.0 Å². The van der Waals surface area contributed by atoms with E-state index in [-0.39, 0.29) is 21.1 Å². The van der Waals surface area contributed by atoms with Gasteiger partial charge in [0.1, 0.15) is 5.82 Å².